The van der Waals surface area contributed by atoms with Gasteiger partial charge in [-0.15, -0.1) is 0 Å². The molecule has 0 fully saturated rings. The Hall–Kier alpha value is -1.97. The maximum atomic E-state index is 6.03. The van der Waals surface area contributed by atoms with Gasteiger partial charge in [0.05, 0.1) is 21.9 Å². The van der Waals surface area contributed by atoms with Crippen LogP contribution in [0.1, 0.15) is 5.56 Å². The molecule has 112 valence electrons. The molecule has 1 aromatic heterocycles. The Labute approximate surface area is 139 Å². The lowest BCUT2D eigenvalue weighted by Gasteiger charge is -2.09. The Bertz CT molecular complexity index is 782. The van der Waals surface area contributed by atoms with E-state index < -0.39 is 0 Å². The molecular weight excluding hydrogens is 317 g/mol. The highest BCUT2D eigenvalue weighted by Crippen LogP contribution is 2.24. The number of halogens is 2. The Balaban J connectivity index is 1.76. The van der Waals surface area contributed by atoms with Gasteiger partial charge in [0.25, 0.3) is 0 Å². The van der Waals surface area contributed by atoms with Crippen molar-refractivity contribution in [3.8, 4) is 11.3 Å². The quantitative estimate of drug-likeness (QED) is 0.728. The highest BCUT2D eigenvalue weighted by Gasteiger charge is 2.08. The summed E-state index contributed by atoms with van der Waals surface area (Å²) in [6.07, 6.45) is 1.87. The fraction of sp³-hybridized carbons (Fsp3) is 0.118. The predicted octanol–water partition coefficient (Wildman–Crippen LogP) is 5.01. The number of hydrogen-bond donors (Lipinski definition) is 1. The predicted molar refractivity (Wildman–Crippen MR) is 92.4 cm³/mol. The molecule has 22 heavy (non-hydrogen) atoms. The molecule has 0 aliphatic rings. The van der Waals surface area contributed by atoms with E-state index in [4.69, 9.17) is 23.2 Å². The summed E-state index contributed by atoms with van der Waals surface area (Å²) in [5.74, 6) is 0.810. The lowest BCUT2D eigenvalue weighted by Crippen LogP contribution is -2.05. The zero-order chi connectivity index (χ0) is 15.5. The number of anilines is 1. The largest absolute Gasteiger partial charge is 0.352 e. The standard InChI is InChI=1S/C17H15Cl2N3/c1-22-16(13-5-3-2-4-6-13)11-21-17(22)20-10-12-7-8-14(18)15(19)9-12/h2-9,11H,10H2,1H3,(H,20,21). The molecule has 3 nitrogen and oxygen atoms in total. The molecule has 5 heteroatoms. The zero-order valence-corrected chi connectivity index (χ0v) is 13.6. The first-order valence-electron chi connectivity index (χ1n) is 6.90. The molecule has 0 bridgehead atoms. The average molecular weight is 332 g/mol. The maximum absolute atomic E-state index is 6.03. The molecule has 0 spiro atoms. The van der Waals surface area contributed by atoms with Gasteiger partial charge in [0.15, 0.2) is 0 Å². The van der Waals surface area contributed by atoms with Gasteiger partial charge in [-0.25, -0.2) is 4.98 Å². The second-order valence-corrected chi connectivity index (χ2v) is 5.81. The van der Waals surface area contributed by atoms with Crippen LogP contribution in [0.2, 0.25) is 10.0 Å². The molecule has 0 atom stereocenters. The molecule has 3 aromatic rings. The normalized spacial score (nSPS) is 10.7. The first-order chi connectivity index (χ1) is 10.6. The fourth-order valence-electron chi connectivity index (χ4n) is 2.28. The van der Waals surface area contributed by atoms with E-state index in [0.29, 0.717) is 16.6 Å². The van der Waals surface area contributed by atoms with Gasteiger partial charge in [0, 0.05) is 13.6 Å². The van der Waals surface area contributed by atoms with Gasteiger partial charge in [-0.2, -0.15) is 0 Å². The molecule has 0 unspecified atom stereocenters. The van der Waals surface area contributed by atoms with E-state index >= 15 is 0 Å². The van der Waals surface area contributed by atoms with Gasteiger partial charge in [0.1, 0.15) is 0 Å². The van der Waals surface area contributed by atoms with Crippen LogP contribution in [0.25, 0.3) is 11.3 Å². The van der Waals surface area contributed by atoms with Crippen molar-refractivity contribution < 1.29 is 0 Å². The van der Waals surface area contributed by atoms with E-state index in [-0.39, 0.29) is 0 Å². The van der Waals surface area contributed by atoms with E-state index in [0.717, 1.165) is 22.8 Å². The van der Waals surface area contributed by atoms with Crippen molar-refractivity contribution in [2.45, 2.75) is 6.54 Å². The molecule has 0 saturated carbocycles. The minimum absolute atomic E-state index is 0.561. The van der Waals surface area contributed by atoms with Crippen molar-refractivity contribution in [3.63, 3.8) is 0 Å². The highest BCUT2D eigenvalue weighted by molar-refractivity contribution is 6.42. The third-order valence-corrected chi connectivity index (χ3v) is 4.23. The molecule has 0 radical (unpaired) electrons. The fourth-order valence-corrected chi connectivity index (χ4v) is 2.60. The van der Waals surface area contributed by atoms with E-state index in [1.54, 1.807) is 6.07 Å². The van der Waals surface area contributed by atoms with Crippen molar-refractivity contribution >= 4 is 29.2 Å². The van der Waals surface area contributed by atoms with E-state index in [9.17, 15) is 0 Å². The van der Waals surface area contributed by atoms with E-state index in [2.05, 4.69) is 22.4 Å². The summed E-state index contributed by atoms with van der Waals surface area (Å²) in [5.41, 5.74) is 3.26. The molecule has 0 saturated heterocycles. The van der Waals surface area contributed by atoms with Crippen LogP contribution in [0.4, 0.5) is 5.95 Å². The van der Waals surface area contributed by atoms with Crippen molar-refractivity contribution in [2.75, 3.05) is 5.32 Å². The van der Waals surface area contributed by atoms with Gasteiger partial charge in [-0.1, -0.05) is 59.6 Å². The van der Waals surface area contributed by atoms with Crippen LogP contribution in [-0.2, 0) is 13.6 Å². The second-order valence-electron chi connectivity index (χ2n) is 4.99. The van der Waals surface area contributed by atoms with Gasteiger partial charge in [-0.05, 0) is 23.3 Å². The smallest absolute Gasteiger partial charge is 0.203 e. The number of imidazole rings is 1. The number of nitrogens with zero attached hydrogens (tertiary/aromatic N) is 2. The van der Waals surface area contributed by atoms with Gasteiger partial charge in [0.2, 0.25) is 5.95 Å². The third kappa shape index (κ3) is 3.11. The molecule has 3 rings (SSSR count). The summed E-state index contributed by atoms with van der Waals surface area (Å²) in [4.78, 5) is 4.44. The number of hydrogen-bond acceptors (Lipinski definition) is 2. The van der Waals surface area contributed by atoms with Crippen molar-refractivity contribution in [1.82, 2.24) is 9.55 Å². The molecule has 1 heterocycles. The van der Waals surface area contributed by atoms with Crippen molar-refractivity contribution in [2.24, 2.45) is 7.05 Å². The lowest BCUT2D eigenvalue weighted by molar-refractivity contribution is 0.907. The maximum Gasteiger partial charge on any atom is 0.203 e. The van der Waals surface area contributed by atoms with Gasteiger partial charge < -0.3 is 9.88 Å². The first-order valence-corrected chi connectivity index (χ1v) is 7.65. The SMILES string of the molecule is Cn1c(-c2ccccc2)cnc1NCc1ccc(Cl)c(Cl)c1. The number of nitrogens with one attached hydrogen (secondary N) is 1. The molecule has 1 N–H and O–H groups in total. The average Bonchev–Trinajstić information content (AvgIpc) is 2.90. The molecule has 2 aromatic carbocycles. The minimum Gasteiger partial charge on any atom is -0.352 e. The van der Waals surface area contributed by atoms with Crippen LogP contribution in [0, 0.1) is 0 Å². The molecule has 0 aliphatic heterocycles. The topological polar surface area (TPSA) is 29.9 Å². The third-order valence-electron chi connectivity index (χ3n) is 3.49. The minimum atomic E-state index is 0.561. The van der Waals surface area contributed by atoms with Crippen LogP contribution in [0.3, 0.4) is 0 Å². The zero-order valence-electron chi connectivity index (χ0n) is 12.1. The number of aromatic nitrogens is 2. The highest BCUT2D eigenvalue weighted by atomic mass is 35.5. The lowest BCUT2D eigenvalue weighted by atomic mass is 10.2. The van der Waals surface area contributed by atoms with E-state index in [1.165, 1.54) is 0 Å². The first kappa shape index (κ1) is 14.9. The number of rotatable bonds is 4. The van der Waals surface area contributed by atoms with Crippen LogP contribution >= 0.6 is 23.2 Å². The summed E-state index contributed by atoms with van der Waals surface area (Å²) in [5, 5.41) is 4.44. The van der Waals surface area contributed by atoms with Crippen molar-refractivity contribution in [3.05, 3.63) is 70.3 Å². The van der Waals surface area contributed by atoms with Crippen molar-refractivity contribution in [1.29, 1.82) is 0 Å². The summed E-state index contributed by atoms with van der Waals surface area (Å²) < 4.78 is 2.03. The van der Waals surface area contributed by atoms with Crippen LogP contribution in [0.5, 0.6) is 0 Å². The second kappa shape index (κ2) is 6.42. The summed E-state index contributed by atoms with van der Waals surface area (Å²) in [7, 11) is 1.99. The van der Waals surface area contributed by atoms with Crippen LogP contribution < -0.4 is 5.32 Å². The molecule has 0 amide bonds. The van der Waals surface area contributed by atoms with Crippen LogP contribution in [-0.4, -0.2) is 9.55 Å². The van der Waals surface area contributed by atoms with Gasteiger partial charge in [-0.3, -0.25) is 0 Å². The Kier molecular flexibility index (Phi) is 4.36. The Morgan fingerprint density at radius 2 is 1.82 bits per heavy atom. The van der Waals surface area contributed by atoms with Gasteiger partial charge >= 0.3 is 0 Å². The Morgan fingerprint density at radius 1 is 1.05 bits per heavy atom. The monoisotopic (exact) mass is 331 g/mol. The van der Waals surface area contributed by atoms with E-state index in [1.807, 2.05) is 48.1 Å². The number of benzene rings is 2. The van der Waals surface area contributed by atoms with Crippen LogP contribution in [0.15, 0.2) is 54.7 Å². The summed E-state index contributed by atoms with van der Waals surface area (Å²) in [6.45, 7) is 0.635. The Morgan fingerprint density at radius 3 is 2.55 bits per heavy atom. The molecular formula is C17H15Cl2N3. The molecule has 0 aliphatic carbocycles. The summed E-state index contributed by atoms with van der Waals surface area (Å²) in [6, 6.07) is 15.8. The summed E-state index contributed by atoms with van der Waals surface area (Å²) >= 11 is 12.0.